The Morgan fingerprint density at radius 3 is 2.70 bits per heavy atom. The van der Waals surface area contributed by atoms with Gasteiger partial charge in [-0.05, 0) is 56.1 Å². The van der Waals surface area contributed by atoms with Crippen molar-refractivity contribution in [2.24, 2.45) is 0 Å². The van der Waals surface area contributed by atoms with Gasteiger partial charge < -0.3 is 19.3 Å². The smallest absolute Gasteiger partial charge is 0.290 e. The molecule has 0 bridgehead atoms. The number of furan rings is 1. The first kappa shape index (κ1) is 18.6. The number of aliphatic hydroxyl groups is 1. The standard InChI is InChI=1S/C20H21N3O4/c1-22(2)11-12-23-18(14-7-9-21-10-8-14)17(19(25)20(23)26)16(24)6-5-15-4-3-13-27-15/h3-10,13,18,25H,11-12H2,1-2H3/b6-5+/t18-/m1/s1. The molecule has 0 spiro atoms. The van der Waals surface area contributed by atoms with E-state index >= 15 is 0 Å². The summed E-state index contributed by atoms with van der Waals surface area (Å²) in [7, 11) is 3.79. The SMILES string of the molecule is CN(C)CCN1C(=O)C(O)=C(C(=O)/C=C/c2ccco2)[C@H]1c1ccncc1. The second kappa shape index (κ2) is 8.01. The van der Waals surface area contributed by atoms with Gasteiger partial charge in [-0.25, -0.2) is 0 Å². The predicted octanol–water partition coefficient (Wildman–Crippen LogP) is 2.21. The summed E-state index contributed by atoms with van der Waals surface area (Å²) in [4.78, 5) is 32.9. The van der Waals surface area contributed by atoms with Crippen molar-refractivity contribution in [3.8, 4) is 0 Å². The second-order valence-electron chi connectivity index (χ2n) is 6.46. The molecule has 7 nitrogen and oxygen atoms in total. The number of amides is 1. The Bertz CT molecular complexity index is 870. The normalized spacial score (nSPS) is 17.5. The molecule has 1 N–H and O–H groups in total. The van der Waals surface area contributed by atoms with Crippen molar-refractivity contribution in [1.29, 1.82) is 0 Å². The summed E-state index contributed by atoms with van der Waals surface area (Å²) in [5.41, 5.74) is 0.781. The highest BCUT2D eigenvalue weighted by atomic mass is 16.3. The molecule has 0 unspecified atom stereocenters. The van der Waals surface area contributed by atoms with Crippen LogP contribution in [0.4, 0.5) is 0 Å². The van der Waals surface area contributed by atoms with Crippen LogP contribution < -0.4 is 0 Å². The monoisotopic (exact) mass is 367 g/mol. The molecule has 7 heteroatoms. The number of carbonyl (C=O) groups excluding carboxylic acids is 2. The number of aromatic nitrogens is 1. The lowest BCUT2D eigenvalue weighted by Crippen LogP contribution is -2.36. The van der Waals surface area contributed by atoms with Crippen LogP contribution in [0.1, 0.15) is 17.4 Å². The summed E-state index contributed by atoms with van der Waals surface area (Å²) in [5.74, 6) is -0.984. The zero-order valence-electron chi connectivity index (χ0n) is 15.2. The molecule has 27 heavy (non-hydrogen) atoms. The summed E-state index contributed by atoms with van der Waals surface area (Å²) in [5, 5.41) is 10.4. The van der Waals surface area contributed by atoms with Crippen molar-refractivity contribution >= 4 is 17.8 Å². The molecular weight excluding hydrogens is 346 g/mol. The Labute approximate surface area is 157 Å². The summed E-state index contributed by atoms with van der Waals surface area (Å²) in [6, 6.07) is 6.24. The van der Waals surface area contributed by atoms with Crippen LogP contribution in [0.5, 0.6) is 0 Å². The molecule has 0 radical (unpaired) electrons. The lowest BCUT2D eigenvalue weighted by Gasteiger charge is -2.27. The fourth-order valence-electron chi connectivity index (χ4n) is 2.97. The predicted molar refractivity (Wildman–Crippen MR) is 99.6 cm³/mol. The minimum Gasteiger partial charge on any atom is -0.503 e. The fourth-order valence-corrected chi connectivity index (χ4v) is 2.97. The molecule has 3 rings (SSSR count). The maximum atomic E-state index is 12.8. The van der Waals surface area contributed by atoms with Gasteiger partial charge in [0.25, 0.3) is 5.91 Å². The zero-order valence-corrected chi connectivity index (χ0v) is 15.2. The number of aliphatic hydroxyl groups excluding tert-OH is 1. The van der Waals surface area contributed by atoms with E-state index in [1.165, 1.54) is 23.3 Å². The highest BCUT2D eigenvalue weighted by molar-refractivity contribution is 6.14. The average Bonchev–Trinajstić information content (AvgIpc) is 3.26. The molecule has 1 aliphatic heterocycles. The van der Waals surface area contributed by atoms with E-state index in [0.717, 1.165) is 5.56 Å². The third-order valence-corrected chi connectivity index (χ3v) is 4.32. The Balaban J connectivity index is 1.95. The van der Waals surface area contributed by atoms with Gasteiger partial charge in [0.05, 0.1) is 17.9 Å². The molecule has 3 heterocycles. The Morgan fingerprint density at radius 2 is 2.07 bits per heavy atom. The van der Waals surface area contributed by atoms with Gasteiger partial charge >= 0.3 is 0 Å². The first-order valence-electron chi connectivity index (χ1n) is 8.53. The van der Waals surface area contributed by atoms with Crippen LogP contribution in [0.25, 0.3) is 6.08 Å². The Kier molecular flexibility index (Phi) is 5.52. The van der Waals surface area contributed by atoms with E-state index in [-0.39, 0.29) is 5.57 Å². The number of carbonyl (C=O) groups is 2. The van der Waals surface area contributed by atoms with E-state index in [1.54, 1.807) is 36.7 Å². The lowest BCUT2D eigenvalue weighted by atomic mass is 9.96. The third kappa shape index (κ3) is 3.98. The van der Waals surface area contributed by atoms with Gasteiger partial charge in [0.2, 0.25) is 0 Å². The summed E-state index contributed by atoms with van der Waals surface area (Å²) >= 11 is 0. The minimum absolute atomic E-state index is 0.0627. The first-order valence-corrected chi connectivity index (χ1v) is 8.53. The van der Waals surface area contributed by atoms with Gasteiger partial charge in [0.1, 0.15) is 5.76 Å². The van der Waals surface area contributed by atoms with Crippen molar-refractivity contribution < 1.29 is 19.1 Å². The number of hydrogen-bond acceptors (Lipinski definition) is 6. The highest BCUT2D eigenvalue weighted by Crippen LogP contribution is 2.37. The van der Waals surface area contributed by atoms with Crippen molar-refractivity contribution in [3.05, 3.63) is 71.7 Å². The van der Waals surface area contributed by atoms with Gasteiger partial charge in [-0.2, -0.15) is 0 Å². The molecule has 0 saturated heterocycles. The number of pyridine rings is 1. The minimum atomic E-state index is -0.658. The summed E-state index contributed by atoms with van der Waals surface area (Å²) in [6.45, 7) is 0.978. The van der Waals surface area contributed by atoms with Crippen molar-refractivity contribution in [2.45, 2.75) is 6.04 Å². The van der Waals surface area contributed by atoms with Crippen LogP contribution in [0.15, 0.2) is 64.7 Å². The van der Waals surface area contributed by atoms with Gasteiger partial charge in [-0.15, -0.1) is 0 Å². The maximum Gasteiger partial charge on any atom is 0.290 e. The molecule has 1 amide bonds. The van der Waals surface area contributed by atoms with Crippen LogP contribution in [0.2, 0.25) is 0 Å². The number of hydrogen-bond donors (Lipinski definition) is 1. The van der Waals surface area contributed by atoms with Crippen LogP contribution >= 0.6 is 0 Å². The number of ketones is 1. The van der Waals surface area contributed by atoms with Crippen molar-refractivity contribution in [2.75, 3.05) is 27.2 Å². The Hall–Kier alpha value is -3.19. The topological polar surface area (TPSA) is 86.9 Å². The van der Waals surface area contributed by atoms with Crippen LogP contribution in [0, 0.1) is 0 Å². The van der Waals surface area contributed by atoms with Gasteiger partial charge in [-0.1, -0.05) is 0 Å². The third-order valence-electron chi connectivity index (χ3n) is 4.32. The number of nitrogens with zero attached hydrogens (tertiary/aromatic N) is 3. The molecule has 2 aromatic heterocycles. The average molecular weight is 367 g/mol. The largest absolute Gasteiger partial charge is 0.503 e. The molecule has 0 saturated carbocycles. The molecule has 1 atom stereocenters. The highest BCUT2D eigenvalue weighted by Gasteiger charge is 2.42. The molecule has 2 aromatic rings. The van der Waals surface area contributed by atoms with E-state index in [1.807, 2.05) is 19.0 Å². The number of rotatable bonds is 7. The van der Waals surface area contributed by atoms with Gasteiger partial charge in [0.15, 0.2) is 11.5 Å². The molecule has 0 aromatic carbocycles. The van der Waals surface area contributed by atoms with Gasteiger partial charge in [-0.3, -0.25) is 14.6 Å². The van der Waals surface area contributed by atoms with E-state index in [2.05, 4.69) is 4.98 Å². The summed E-state index contributed by atoms with van der Waals surface area (Å²) in [6.07, 6.45) is 7.52. The lowest BCUT2D eigenvalue weighted by molar-refractivity contribution is -0.129. The molecule has 0 aliphatic carbocycles. The summed E-state index contributed by atoms with van der Waals surface area (Å²) < 4.78 is 5.18. The second-order valence-corrected chi connectivity index (χ2v) is 6.46. The van der Waals surface area contributed by atoms with E-state index < -0.39 is 23.5 Å². The number of likely N-dealkylation sites (N-methyl/N-ethyl adjacent to an activating group) is 1. The Morgan fingerprint density at radius 1 is 1.33 bits per heavy atom. The zero-order chi connectivity index (χ0) is 19.4. The van der Waals surface area contributed by atoms with Gasteiger partial charge in [0, 0.05) is 25.5 Å². The van der Waals surface area contributed by atoms with E-state index in [4.69, 9.17) is 4.42 Å². The molecular formula is C20H21N3O4. The fraction of sp³-hybridized carbons (Fsp3) is 0.250. The number of allylic oxidation sites excluding steroid dienone is 1. The van der Waals surface area contributed by atoms with E-state index in [0.29, 0.717) is 18.8 Å². The van der Waals surface area contributed by atoms with Crippen molar-refractivity contribution in [1.82, 2.24) is 14.8 Å². The van der Waals surface area contributed by atoms with Crippen LogP contribution in [0.3, 0.4) is 0 Å². The molecule has 140 valence electrons. The maximum absolute atomic E-state index is 12.8. The molecule has 1 aliphatic rings. The first-order chi connectivity index (χ1) is 13.0. The van der Waals surface area contributed by atoms with E-state index in [9.17, 15) is 14.7 Å². The van der Waals surface area contributed by atoms with Crippen LogP contribution in [-0.2, 0) is 9.59 Å². The molecule has 0 fully saturated rings. The van der Waals surface area contributed by atoms with Crippen molar-refractivity contribution in [3.63, 3.8) is 0 Å². The van der Waals surface area contributed by atoms with Crippen LogP contribution in [-0.4, -0.2) is 58.8 Å². The quantitative estimate of drug-likeness (QED) is 0.755.